The van der Waals surface area contributed by atoms with Crippen LogP contribution in [-0.2, 0) is 5.41 Å². The van der Waals surface area contributed by atoms with Gasteiger partial charge in [0.2, 0.25) is 5.70 Å². The first kappa shape index (κ1) is 13.6. The lowest BCUT2D eigenvalue weighted by atomic mass is 9.68. The van der Waals surface area contributed by atoms with Gasteiger partial charge in [0.25, 0.3) is 0 Å². The molecule has 0 fully saturated rings. The van der Waals surface area contributed by atoms with Crippen LogP contribution in [0.1, 0.15) is 30.4 Å². The minimum Gasteiger partial charge on any atom is -0.259 e. The largest absolute Gasteiger partial charge is 0.259 e. The van der Waals surface area contributed by atoms with Crippen molar-refractivity contribution in [1.29, 1.82) is 0 Å². The Bertz CT molecular complexity index is 623. The highest BCUT2D eigenvalue weighted by molar-refractivity contribution is 5.45. The molecule has 1 aliphatic carbocycles. The minimum atomic E-state index is -0.386. The molecular weight excluding hydrogens is 262 g/mol. The van der Waals surface area contributed by atoms with E-state index in [1.165, 1.54) is 0 Å². The highest BCUT2D eigenvalue weighted by Gasteiger charge is 2.37. The number of allylic oxidation sites excluding steroid dienone is 2. The summed E-state index contributed by atoms with van der Waals surface area (Å²) in [4.78, 5) is 11.0. The van der Waals surface area contributed by atoms with Crippen LogP contribution < -0.4 is 0 Å². The van der Waals surface area contributed by atoms with Gasteiger partial charge < -0.3 is 0 Å². The Balaban J connectivity index is 2.21. The van der Waals surface area contributed by atoms with Gasteiger partial charge in [-0.15, -0.1) is 0 Å². The summed E-state index contributed by atoms with van der Waals surface area (Å²) in [6.45, 7) is 0. The summed E-state index contributed by atoms with van der Waals surface area (Å²) in [5, 5.41) is 11.2. The van der Waals surface area contributed by atoms with Gasteiger partial charge in [0, 0.05) is 17.9 Å². The fraction of sp³-hybridized carbons (Fsp3) is 0.222. The lowest BCUT2D eigenvalue weighted by molar-refractivity contribution is -0.429. The first-order valence-electron chi connectivity index (χ1n) is 7.19. The molecule has 2 aromatic carbocycles. The lowest BCUT2D eigenvalue weighted by Crippen LogP contribution is -2.29. The van der Waals surface area contributed by atoms with E-state index in [4.69, 9.17) is 0 Å². The molecule has 0 unspecified atom stereocenters. The Morgan fingerprint density at radius 2 is 1.43 bits per heavy atom. The standard InChI is InChI=1S/C18H17NO2/c20-19(21)17-12-7-13-18(14-17,15-8-3-1-4-9-15)16-10-5-2-6-11-16/h1-6,8-11,14H,7,12-13H2. The van der Waals surface area contributed by atoms with Crippen LogP contribution in [0.2, 0.25) is 0 Å². The molecular formula is C18H17NO2. The first-order chi connectivity index (χ1) is 10.2. The first-order valence-corrected chi connectivity index (χ1v) is 7.19. The maximum Gasteiger partial charge on any atom is 0.243 e. The van der Waals surface area contributed by atoms with E-state index in [9.17, 15) is 10.1 Å². The van der Waals surface area contributed by atoms with E-state index in [1.807, 2.05) is 42.5 Å². The molecule has 0 bridgehead atoms. The predicted molar refractivity (Wildman–Crippen MR) is 82.6 cm³/mol. The Morgan fingerprint density at radius 3 is 1.90 bits per heavy atom. The lowest BCUT2D eigenvalue weighted by Gasteiger charge is -2.34. The molecule has 0 atom stereocenters. The van der Waals surface area contributed by atoms with Gasteiger partial charge in [0.05, 0.1) is 4.92 Å². The molecule has 0 amide bonds. The SMILES string of the molecule is O=[N+]([O-])C1=CC(c2ccccc2)(c2ccccc2)CCC1. The van der Waals surface area contributed by atoms with Crippen LogP contribution in [0.25, 0.3) is 0 Å². The predicted octanol–water partition coefficient (Wildman–Crippen LogP) is 4.32. The molecule has 2 aromatic rings. The number of hydrogen-bond acceptors (Lipinski definition) is 2. The molecule has 3 nitrogen and oxygen atoms in total. The second-order valence-electron chi connectivity index (χ2n) is 5.45. The Morgan fingerprint density at radius 1 is 0.905 bits per heavy atom. The van der Waals surface area contributed by atoms with Gasteiger partial charge >= 0.3 is 0 Å². The third-order valence-electron chi connectivity index (χ3n) is 4.23. The van der Waals surface area contributed by atoms with E-state index in [0.29, 0.717) is 12.1 Å². The summed E-state index contributed by atoms with van der Waals surface area (Å²) in [5.41, 5.74) is 2.18. The normalized spacial score (nSPS) is 17.0. The average Bonchev–Trinajstić information content (AvgIpc) is 2.56. The van der Waals surface area contributed by atoms with E-state index < -0.39 is 0 Å². The van der Waals surface area contributed by atoms with Crippen LogP contribution in [-0.4, -0.2) is 4.92 Å². The van der Waals surface area contributed by atoms with Gasteiger partial charge in [-0.1, -0.05) is 60.7 Å². The van der Waals surface area contributed by atoms with Gasteiger partial charge in [-0.3, -0.25) is 10.1 Å². The second-order valence-corrected chi connectivity index (χ2v) is 5.45. The monoisotopic (exact) mass is 279 g/mol. The number of benzene rings is 2. The summed E-state index contributed by atoms with van der Waals surface area (Å²) in [6.07, 6.45) is 4.14. The van der Waals surface area contributed by atoms with E-state index >= 15 is 0 Å². The molecule has 0 saturated heterocycles. The van der Waals surface area contributed by atoms with Crippen LogP contribution in [0, 0.1) is 10.1 Å². The summed E-state index contributed by atoms with van der Waals surface area (Å²) in [7, 11) is 0. The third kappa shape index (κ3) is 2.47. The molecule has 21 heavy (non-hydrogen) atoms. The molecule has 3 heteroatoms. The zero-order valence-corrected chi connectivity index (χ0v) is 11.7. The zero-order valence-electron chi connectivity index (χ0n) is 11.7. The second kappa shape index (κ2) is 5.52. The number of hydrogen-bond donors (Lipinski definition) is 0. The van der Waals surface area contributed by atoms with Crippen molar-refractivity contribution in [2.75, 3.05) is 0 Å². The fourth-order valence-corrected chi connectivity index (χ4v) is 3.21. The van der Waals surface area contributed by atoms with Crippen LogP contribution in [0.15, 0.2) is 72.4 Å². The maximum absolute atomic E-state index is 11.2. The number of rotatable bonds is 3. The Kier molecular flexibility index (Phi) is 3.57. The quantitative estimate of drug-likeness (QED) is 0.620. The summed E-state index contributed by atoms with van der Waals surface area (Å²) >= 11 is 0. The molecule has 0 radical (unpaired) electrons. The maximum atomic E-state index is 11.2. The minimum absolute atomic E-state index is 0.236. The van der Waals surface area contributed by atoms with E-state index in [-0.39, 0.29) is 10.3 Å². The Labute approximate surface area is 124 Å². The molecule has 0 aromatic heterocycles. The molecule has 0 spiro atoms. The third-order valence-corrected chi connectivity index (χ3v) is 4.23. The van der Waals surface area contributed by atoms with Crippen LogP contribution in [0.5, 0.6) is 0 Å². The van der Waals surface area contributed by atoms with Crippen LogP contribution in [0.3, 0.4) is 0 Å². The van der Waals surface area contributed by atoms with Gasteiger partial charge in [0.1, 0.15) is 0 Å². The molecule has 0 aliphatic heterocycles. The van der Waals surface area contributed by atoms with Gasteiger partial charge in [-0.25, -0.2) is 0 Å². The number of nitro groups is 1. The molecule has 106 valence electrons. The highest BCUT2D eigenvalue weighted by atomic mass is 16.6. The molecule has 1 aliphatic rings. The topological polar surface area (TPSA) is 43.1 Å². The summed E-state index contributed by atoms with van der Waals surface area (Å²) in [5.74, 6) is 0. The van der Waals surface area contributed by atoms with E-state index in [0.717, 1.165) is 24.0 Å². The van der Waals surface area contributed by atoms with E-state index in [1.54, 1.807) is 0 Å². The molecule has 0 saturated carbocycles. The molecule has 0 N–H and O–H groups in total. The van der Waals surface area contributed by atoms with Crippen molar-refractivity contribution in [1.82, 2.24) is 0 Å². The summed E-state index contributed by atoms with van der Waals surface area (Å²) < 4.78 is 0. The van der Waals surface area contributed by atoms with Crippen molar-refractivity contribution in [2.45, 2.75) is 24.7 Å². The summed E-state index contributed by atoms with van der Waals surface area (Å²) in [6, 6.07) is 20.2. The van der Waals surface area contributed by atoms with Crippen molar-refractivity contribution in [2.24, 2.45) is 0 Å². The highest BCUT2D eigenvalue weighted by Crippen LogP contribution is 2.43. The molecule has 3 rings (SSSR count). The van der Waals surface area contributed by atoms with Gasteiger partial charge in [-0.2, -0.15) is 0 Å². The van der Waals surface area contributed by atoms with Crippen LogP contribution >= 0.6 is 0 Å². The van der Waals surface area contributed by atoms with Crippen molar-refractivity contribution < 1.29 is 4.92 Å². The van der Waals surface area contributed by atoms with Crippen molar-refractivity contribution in [3.63, 3.8) is 0 Å². The van der Waals surface area contributed by atoms with E-state index in [2.05, 4.69) is 24.3 Å². The fourth-order valence-electron chi connectivity index (χ4n) is 3.21. The zero-order chi connectivity index (χ0) is 14.7. The Hall–Kier alpha value is -2.42. The average molecular weight is 279 g/mol. The van der Waals surface area contributed by atoms with Gasteiger partial charge in [-0.05, 0) is 24.0 Å². The smallest absolute Gasteiger partial charge is 0.243 e. The molecule has 0 heterocycles. The van der Waals surface area contributed by atoms with Crippen molar-refractivity contribution >= 4 is 0 Å². The number of nitrogens with zero attached hydrogens (tertiary/aromatic N) is 1. The van der Waals surface area contributed by atoms with Crippen LogP contribution in [0.4, 0.5) is 0 Å². The van der Waals surface area contributed by atoms with Crippen molar-refractivity contribution in [3.8, 4) is 0 Å². The van der Waals surface area contributed by atoms with Gasteiger partial charge in [0.15, 0.2) is 0 Å². The van der Waals surface area contributed by atoms with Crippen molar-refractivity contribution in [3.05, 3.63) is 93.7 Å².